The molecule has 0 fully saturated rings. The van der Waals surface area contributed by atoms with Crippen molar-refractivity contribution in [3.05, 3.63) is 21.9 Å². The number of hydrogen-bond donors (Lipinski definition) is 3. The van der Waals surface area contributed by atoms with Gasteiger partial charge in [-0.05, 0) is 39.8 Å². The minimum Gasteiger partial charge on any atom is -0.480 e. The lowest BCUT2D eigenvalue weighted by molar-refractivity contribution is -0.142. The summed E-state index contributed by atoms with van der Waals surface area (Å²) in [4.78, 5) is 24.8. The Hall–Kier alpha value is -1.56. The van der Waals surface area contributed by atoms with E-state index < -0.39 is 17.5 Å². The zero-order valence-electron chi connectivity index (χ0n) is 10.9. The number of carboxylic acids is 1. The second kappa shape index (κ2) is 5.39. The van der Waals surface area contributed by atoms with E-state index in [0.717, 1.165) is 4.88 Å². The van der Waals surface area contributed by atoms with E-state index in [2.05, 4.69) is 10.6 Å². The minimum absolute atomic E-state index is 0.145. The van der Waals surface area contributed by atoms with Gasteiger partial charge in [0.05, 0.1) is 6.04 Å². The number of carbonyl (C=O) groups is 2. The van der Waals surface area contributed by atoms with Crippen molar-refractivity contribution in [2.45, 2.75) is 39.3 Å². The first-order valence-electron chi connectivity index (χ1n) is 5.61. The molecule has 0 saturated heterocycles. The van der Waals surface area contributed by atoms with Crippen molar-refractivity contribution in [2.24, 2.45) is 0 Å². The van der Waals surface area contributed by atoms with E-state index in [1.165, 1.54) is 18.7 Å². The Labute approximate surface area is 110 Å². The monoisotopic (exact) mass is 270 g/mol. The van der Waals surface area contributed by atoms with Gasteiger partial charge in [0.25, 0.3) is 0 Å². The zero-order valence-corrected chi connectivity index (χ0v) is 11.7. The fraction of sp³-hybridized carbons (Fsp3) is 0.500. The predicted octanol–water partition coefficient (Wildman–Crippen LogP) is 2.28. The smallest absolute Gasteiger partial charge is 0.328 e. The lowest BCUT2D eigenvalue weighted by Crippen LogP contribution is -2.53. The largest absolute Gasteiger partial charge is 0.480 e. The van der Waals surface area contributed by atoms with Crippen molar-refractivity contribution < 1.29 is 14.7 Å². The van der Waals surface area contributed by atoms with E-state index in [1.54, 1.807) is 11.3 Å². The molecule has 1 unspecified atom stereocenters. The summed E-state index contributed by atoms with van der Waals surface area (Å²) in [5.74, 6) is -1.07. The maximum Gasteiger partial charge on any atom is 0.328 e. The van der Waals surface area contributed by atoms with Crippen LogP contribution in [-0.4, -0.2) is 22.6 Å². The Balaban J connectivity index is 2.58. The summed E-state index contributed by atoms with van der Waals surface area (Å²) in [6, 6.07) is 3.30. The molecule has 1 heterocycles. The quantitative estimate of drug-likeness (QED) is 0.785. The molecule has 2 amide bonds. The number of amides is 2. The van der Waals surface area contributed by atoms with Crippen LogP contribution in [0.3, 0.4) is 0 Å². The van der Waals surface area contributed by atoms with Crippen molar-refractivity contribution >= 4 is 23.3 Å². The Morgan fingerprint density at radius 3 is 2.44 bits per heavy atom. The van der Waals surface area contributed by atoms with Crippen molar-refractivity contribution in [2.75, 3.05) is 0 Å². The van der Waals surface area contributed by atoms with E-state index >= 15 is 0 Å². The van der Waals surface area contributed by atoms with E-state index in [1.807, 2.05) is 26.0 Å². The number of hydrogen-bond acceptors (Lipinski definition) is 3. The van der Waals surface area contributed by atoms with Gasteiger partial charge in [0.15, 0.2) is 0 Å². The molecule has 100 valence electrons. The summed E-state index contributed by atoms with van der Waals surface area (Å²) < 4.78 is 0. The summed E-state index contributed by atoms with van der Waals surface area (Å²) in [6.45, 7) is 6.73. The maximum absolute atomic E-state index is 11.7. The number of aliphatic carboxylic acids is 1. The molecule has 0 spiro atoms. The predicted molar refractivity (Wildman–Crippen MR) is 70.9 cm³/mol. The van der Waals surface area contributed by atoms with Crippen molar-refractivity contribution in [3.63, 3.8) is 0 Å². The van der Waals surface area contributed by atoms with Crippen LogP contribution in [0.25, 0.3) is 0 Å². The summed E-state index contributed by atoms with van der Waals surface area (Å²) in [5.41, 5.74) is -1.28. The van der Waals surface area contributed by atoms with Crippen LogP contribution >= 0.6 is 11.3 Å². The van der Waals surface area contributed by atoms with Crippen LogP contribution in [-0.2, 0) is 4.79 Å². The molecule has 5 nitrogen and oxygen atoms in total. The molecule has 0 bridgehead atoms. The molecule has 1 atom stereocenters. The van der Waals surface area contributed by atoms with Gasteiger partial charge >= 0.3 is 12.0 Å². The Kier molecular flexibility index (Phi) is 4.34. The van der Waals surface area contributed by atoms with Gasteiger partial charge in [-0.15, -0.1) is 11.3 Å². The normalized spacial score (nSPS) is 12.9. The molecular weight excluding hydrogens is 252 g/mol. The standard InChI is InChI=1S/C12H18N2O3S/c1-7-5-6-9(18-7)8(2)13-11(17)14-12(3,4)10(15)16/h5-6,8H,1-4H3,(H,15,16)(H2,13,14,17). The molecule has 0 saturated carbocycles. The average Bonchev–Trinajstić information content (AvgIpc) is 2.63. The van der Waals surface area contributed by atoms with Gasteiger partial charge < -0.3 is 15.7 Å². The van der Waals surface area contributed by atoms with Gasteiger partial charge in [-0.25, -0.2) is 9.59 Å². The number of rotatable bonds is 4. The van der Waals surface area contributed by atoms with E-state index in [4.69, 9.17) is 5.11 Å². The van der Waals surface area contributed by atoms with Crippen LogP contribution in [0.2, 0.25) is 0 Å². The molecule has 1 aromatic rings. The number of carboxylic acid groups (broad SMARTS) is 1. The highest BCUT2D eigenvalue weighted by Crippen LogP contribution is 2.22. The second-order valence-corrected chi connectivity index (χ2v) is 6.02. The highest BCUT2D eigenvalue weighted by atomic mass is 32.1. The lowest BCUT2D eigenvalue weighted by Gasteiger charge is -2.22. The molecule has 0 aliphatic heterocycles. The third-order valence-corrected chi connectivity index (χ3v) is 3.68. The molecule has 1 aromatic heterocycles. The minimum atomic E-state index is -1.28. The van der Waals surface area contributed by atoms with E-state index in [-0.39, 0.29) is 6.04 Å². The van der Waals surface area contributed by atoms with Crippen molar-refractivity contribution in [1.29, 1.82) is 0 Å². The van der Waals surface area contributed by atoms with Crippen LogP contribution in [0.4, 0.5) is 4.79 Å². The fourth-order valence-electron chi connectivity index (χ4n) is 1.33. The highest BCUT2D eigenvalue weighted by molar-refractivity contribution is 7.12. The third-order valence-electron chi connectivity index (χ3n) is 2.50. The van der Waals surface area contributed by atoms with Crippen LogP contribution in [0.15, 0.2) is 12.1 Å². The number of carbonyl (C=O) groups excluding carboxylic acids is 1. The summed E-state index contributed by atoms with van der Waals surface area (Å²) in [7, 11) is 0. The van der Waals surface area contributed by atoms with Crippen molar-refractivity contribution in [1.82, 2.24) is 10.6 Å². The van der Waals surface area contributed by atoms with Crippen molar-refractivity contribution in [3.8, 4) is 0 Å². The summed E-state index contributed by atoms with van der Waals surface area (Å²) in [5, 5.41) is 14.0. The van der Waals surface area contributed by atoms with Gasteiger partial charge in [0.1, 0.15) is 5.54 Å². The first-order chi connectivity index (χ1) is 8.22. The fourth-order valence-corrected chi connectivity index (χ4v) is 2.21. The van der Waals surface area contributed by atoms with Crippen LogP contribution < -0.4 is 10.6 Å². The highest BCUT2D eigenvalue weighted by Gasteiger charge is 2.29. The second-order valence-electron chi connectivity index (χ2n) is 4.70. The van der Waals surface area contributed by atoms with Gasteiger partial charge in [-0.3, -0.25) is 0 Å². The maximum atomic E-state index is 11.7. The molecule has 0 aliphatic carbocycles. The lowest BCUT2D eigenvalue weighted by atomic mass is 10.1. The van der Waals surface area contributed by atoms with Crippen LogP contribution in [0, 0.1) is 6.92 Å². The molecule has 6 heteroatoms. The topological polar surface area (TPSA) is 78.4 Å². The Morgan fingerprint density at radius 2 is 2.00 bits per heavy atom. The first kappa shape index (κ1) is 14.5. The Bertz CT molecular complexity index is 454. The molecule has 0 aromatic carbocycles. The first-order valence-corrected chi connectivity index (χ1v) is 6.42. The van der Waals surface area contributed by atoms with Crippen LogP contribution in [0.1, 0.15) is 36.6 Å². The van der Waals surface area contributed by atoms with Crippen LogP contribution in [0.5, 0.6) is 0 Å². The SMILES string of the molecule is Cc1ccc(C(C)NC(=O)NC(C)(C)C(=O)O)s1. The van der Waals surface area contributed by atoms with Gasteiger partial charge in [-0.1, -0.05) is 0 Å². The van der Waals surface area contributed by atoms with Gasteiger partial charge in [-0.2, -0.15) is 0 Å². The molecule has 0 radical (unpaired) electrons. The molecule has 3 N–H and O–H groups in total. The summed E-state index contributed by atoms with van der Waals surface area (Å²) >= 11 is 1.60. The number of aryl methyl sites for hydroxylation is 1. The molecule has 0 aliphatic rings. The third kappa shape index (κ3) is 3.73. The Morgan fingerprint density at radius 1 is 1.39 bits per heavy atom. The number of nitrogens with one attached hydrogen (secondary N) is 2. The van der Waals surface area contributed by atoms with E-state index in [0.29, 0.717) is 0 Å². The van der Waals surface area contributed by atoms with E-state index in [9.17, 15) is 9.59 Å². The molecule has 18 heavy (non-hydrogen) atoms. The van der Waals surface area contributed by atoms with Gasteiger partial charge in [0.2, 0.25) is 0 Å². The molecular formula is C12H18N2O3S. The van der Waals surface area contributed by atoms with Gasteiger partial charge in [0, 0.05) is 9.75 Å². The summed E-state index contributed by atoms with van der Waals surface area (Å²) in [6.07, 6.45) is 0. The molecule has 1 rings (SSSR count). The zero-order chi connectivity index (χ0) is 13.9. The number of thiophene rings is 1. The average molecular weight is 270 g/mol. The number of urea groups is 1.